The summed E-state index contributed by atoms with van der Waals surface area (Å²) in [6, 6.07) is 6.87. The van der Waals surface area contributed by atoms with Gasteiger partial charge in [0.15, 0.2) is 6.10 Å². The molecule has 2 N–H and O–H groups in total. The summed E-state index contributed by atoms with van der Waals surface area (Å²) in [6.07, 6.45) is -0.754. The lowest BCUT2D eigenvalue weighted by Gasteiger charge is -2.15. The molecular formula is C12H17NO3. The lowest BCUT2D eigenvalue weighted by atomic mass is 10.3. The van der Waals surface area contributed by atoms with Crippen molar-refractivity contribution in [2.45, 2.75) is 33.0 Å². The molecule has 0 aliphatic rings. The van der Waals surface area contributed by atoms with Crippen LogP contribution in [0.2, 0.25) is 0 Å². The second-order valence-corrected chi connectivity index (χ2v) is 3.81. The van der Waals surface area contributed by atoms with E-state index in [2.05, 4.69) is 0 Å². The standard InChI is InChI=1S/C12H17NO3/c1-8(2)15-12(14)9(3)16-11-6-4-10(13)5-7-11/h4-9H,13H2,1-3H3. The second-order valence-electron chi connectivity index (χ2n) is 3.81. The van der Waals surface area contributed by atoms with Crippen molar-refractivity contribution < 1.29 is 14.3 Å². The first-order chi connectivity index (χ1) is 7.49. The van der Waals surface area contributed by atoms with E-state index >= 15 is 0 Å². The average Bonchev–Trinajstić information content (AvgIpc) is 2.20. The van der Waals surface area contributed by atoms with E-state index in [1.54, 1.807) is 45.0 Å². The summed E-state index contributed by atoms with van der Waals surface area (Å²) in [6.45, 7) is 5.25. The van der Waals surface area contributed by atoms with Crippen LogP contribution in [0.5, 0.6) is 5.75 Å². The maximum atomic E-state index is 11.5. The van der Waals surface area contributed by atoms with Crippen LogP contribution < -0.4 is 10.5 Å². The van der Waals surface area contributed by atoms with Crippen molar-refractivity contribution in [3.8, 4) is 5.75 Å². The van der Waals surface area contributed by atoms with Crippen molar-refractivity contribution in [1.29, 1.82) is 0 Å². The highest BCUT2D eigenvalue weighted by Crippen LogP contribution is 2.15. The third-order valence-electron chi connectivity index (χ3n) is 1.88. The van der Waals surface area contributed by atoms with Gasteiger partial charge < -0.3 is 15.2 Å². The Kier molecular flexibility index (Phi) is 4.17. The lowest BCUT2D eigenvalue weighted by Crippen LogP contribution is -2.28. The van der Waals surface area contributed by atoms with Crippen LogP contribution in [0.25, 0.3) is 0 Å². The van der Waals surface area contributed by atoms with Gasteiger partial charge in [0.2, 0.25) is 0 Å². The fourth-order valence-electron chi connectivity index (χ4n) is 1.13. The first-order valence-corrected chi connectivity index (χ1v) is 5.21. The Labute approximate surface area is 95.3 Å². The van der Waals surface area contributed by atoms with E-state index < -0.39 is 6.10 Å². The van der Waals surface area contributed by atoms with Crippen LogP contribution in [0.15, 0.2) is 24.3 Å². The van der Waals surface area contributed by atoms with Crippen LogP contribution in [0.4, 0.5) is 5.69 Å². The Balaban J connectivity index is 2.53. The number of esters is 1. The third-order valence-corrected chi connectivity index (χ3v) is 1.88. The van der Waals surface area contributed by atoms with E-state index in [-0.39, 0.29) is 12.1 Å². The van der Waals surface area contributed by atoms with Crippen LogP contribution in [0.3, 0.4) is 0 Å². The smallest absolute Gasteiger partial charge is 0.347 e. The van der Waals surface area contributed by atoms with E-state index in [0.717, 1.165) is 0 Å². The summed E-state index contributed by atoms with van der Waals surface area (Å²) in [4.78, 5) is 11.5. The van der Waals surface area contributed by atoms with E-state index in [9.17, 15) is 4.79 Å². The van der Waals surface area contributed by atoms with Crippen LogP contribution >= 0.6 is 0 Å². The molecule has 0 aliphatic carbocycles. The Morgan fingerprint density at radius 3 is 2.25 bits per heavy atom. The number of hydrogen-bond acceptors (Lipinski definition) is 4. The Morgan fingerprint density at radius 1 is 1.19 bits per heavy atom. The minimum atomic E-state index is -0.619. The molecule has 4 heteroatoms. The fraction of sp³-hybridized carbons (Fsp3) is 0.417. The monoisotopic (exact) mass is 223 g/mol. The molecule has 0 saturated carbocycles. The van der Waals surface area contributed by atoms with Crippen LogP contribution in [-0.4, -0.2) is 18.2 Å². The topological polar surface area (TPSA) is 61.5 Å². The van der Waals surface area contributed by atoms with Crippen LogP contribution in [0, 0.1) is 0 Å². The van der Waals surface area contributed by atoms with Gasteiger partial charge in [0.25, 0.3) is 0 Å². The number of hydrogen-bond donors (Lipinski definition) is 1. The molecular weight excluding hydrogens is 206 g/mol. The van der Waals surface area contributed by atoms with E-state index in [4.69, 9.17) is 15.2 Å². The maximum Gasteiger partial charge on any atom is 0.347 e. The van der Waals surface area contributed by atoms with Gasteiger partial charge in [-0.15, -0.1) is 0 Å². The Bertz CT molecular complexity index is 346. The van der Waals surface area contributed by atoms with Gasteiger partial charge >= 0.3 is 5.97 Å². The Morgan fingerprint density at radius 2 is 1.75 bits per heavy atom. The molecule has 4 nitrogen and oxygen atoms in total. The predicted molar refractivity (Wildman–Crippen MR) is 62.2 cm³/mol. The van der Waals surface area contributed by atoms with Gasteiger partial charge in [-0.05, 0) is 45.0 Å². The molecule has 1 aromatic rings. The van der Waals surface area contributed by atoms with Crippen molar-refractivity contribution in [1.82, 2.24) is 0 Å². The molecule has 0 amide bonds. The first-order valence-electron chi connectivity index (χ1n) is 5.21. The molecule has 0 bridgehead atoms. The molecule has 16 heavy (non-hydrogen) atoms. The highest BCUT2D eigenvalue weighted by atomic mass is 16.6. The van der Waals surface area contributed by atoms with E-state index in [1.807, 2.05) is 0 Å². The van der Waals surface area contributed by atoms with Crippen molar-refractivity contribution in [3.63, 3.8) is 0 Å². The predicted octanol–water partition coefficient (Wildman–Crippen LogP) is 1.99. The number of anilines is 1. The fourth-order valence-corrected chi connectivity index (χ4v) is 1.13. The molecule has 0 radical (unpaired) electrons. The van der Waals surface area contributed by atoms with Gasteiger partial charge in [0.05, 0.1) is 6.10 Å². The number of benzene rings is 1. The van der Waals surface area contributed by atoms with E-state index in [1.165, 1.54) is 0 Å². The number of ether oxygens (including phenoxy) is 2. The van der Waals surface area contributed by atoms with Crippen molar-refractivity contribution in [2.75, 3.05) is 5.73 Å². The highest BCUT2D eigenvalue weighted by molar-refractivity contribution is 5.74. The zero-order valence-corrected chi connectivity index (χ0v) is 9.77. The summed E-state index contributed by atoms with van der Waals surface area (Å²) in [5, 5.41) is 0. The molecule has 88 valence electrons. The first kappa shape index (κ1) is 12.4. The molecule has 1 atom stereocenters. The lowest BCUT2D eigenvalue weighted by molar-refractivity contribution is -0.154. The second kappa shape index (κ2) is 5.39. The molecule has 0 saturated heterocycles. The number of nitrogen functional groups attached to an aromatic ring is 1. The summed E-state index contributed by atoms with van der Waals surface area (Å²) >= 11 is 0. The largest absolute Gasteiger partial charge is 0.479 e. The summed E-state index contributed by atoms with van der Waals surface area (Å²) < 4.78 is 10.4. The summed E-state index contributed by atoms with van der Waals surface area (Å²) in [5.74, 6) is 0.231. The van der Waals surface area contributed by atoms with Gasteiger partial charge in [-0.2, -0.15) is 0 Å². The molecule has 0 aliphatic heterocycles. The van der Waals surface area contributed by atoms with Crippen LogP contribution in [-0.2, 0) is 9.53 Å². The maximum absolute atomic E-state index is 11.5. The molecule has 0 spiro atoms. The average molecular weight is 223 g/mol. The van der Waals surface area contributed by atoms with Gasteiger partial charge in [0.1, 0.15) is 5.75 Å². The molecule has 1 unspecified atom stereocenters. The number of carbonyl (C=O) groups excluding carboxylic acids is 1. The van der Waals surface area contributed by atoms with Crippen LogP contribution in [0.1, 0.15) is 20.8 Å². The summed E-state index contributed by atoms with van der Waals surface area (Å²) in [7, 11) is 0. The zero-order chi connectivity index (χ0) is 12.1. The molecule has 1 rings (SSSR count). The van der Waals surface area contributed by atoms with Crippen molar-refractivity contribution in [2.24, 2.45) is 0 Å². The highest BCUT2D eigenvalue weighted by Gasteiger charge is 2.17. The number of carbonyl (C=O) groups is 1. The minimum absolute atomic E-state index is 0.134. The van der Waals surface area contributed by atoms with Crippen molar-refractivity contribution in [3.05, 3.63) is 24.3 Å². The molecule has 0 heterocycles. The minimum Gasteiger partial charge on any atom is -0.479 e. The zero-order valence-electron chi connectivity index (χ0n) is 9.77. The van der Waals surface area contributed by atoms with Crippen molar-refractivity contribution >= 4 is 11.7 Å². The number of rotatable bonds is 4. The molecule has 0 aromatic heterocycles. The Hall–Kier alpha value is -1.71. The molecule has 0 fully saturated rings. The van der Waals surface area contributed by atoms with Gasteiger partial charge in [0, 0.05) is 5.69 Å². The third kappa shape index (κ3) is 3.81. The van der Waals surface area contributed by atoms with Gasteiger partial charge in [-0.3, -0.25) is 0 Å². The number of nitrogens with two attached hydrogens (primary N) is 1. The normalized spacial score (nSPS) is 12.2. The SMILES string of the molecule is CC(C)OC(=O)C(C)Oc1ccc(N)cc1. The summed E-state index contributed by atoms with van der Waals surface area (Å²) in [5.41, 5.74) is 6.19. The van der Waals surface area contributed by atoms with E-state index in [0.29, 0.717) is 11.4 Å². The molecule has 1 aromatic carbocycles. The quantitative estimate of drug-likeness (QED) is 0.626. The van der Waals surface area contributed by atoms with Gasteiger partial charge in [-0.1, -0.05) is 0 Å². The van der Waals surface area contributed by atoms with Gasteiger partial charge in [-0.25, -0.2) is 4.79 Å².